The molecule has 8 heteroatoms. The number of nitrogens with one attached hydrogen (secondary N) is 1. The number of fused-ring (bicyclic) bond motifs is 1. The summed E-state index contributed by atoms with van der Waals surface area (Å²) in [7, 11) is 1.61. The number of hydrogen-bond donors (Lipinski definition) is 1. The van der Waals surface area contributed by atoms with E-state index in [9.17, 15) is 9.59 Å². The van der Waals surface area contributed by atoms with Crippen molar-refractivity contribution in [1.29, 1.82) is 0 Å². The van der Waals surface area contributed by atoms with Crippen molar-refractivity contribution in [3.63, 3.8) is 0 Å². The topological polar surface area (TPSA) is 80.3 Å². The lowest BCUT2D eigenvalue weighted by atomic mass is 10.2. The molecule has 0 aliphatic carbocycles. The molecule has 0 radical (unpaired) electrons. The lowest BCUT2D eigenvalue weighted by molar-refractivity contribution is -0.121. The predicted octanol–water partition coefficient (Wildman–Crippen LogP) is 1.98. The molecule has 2 aliphatic heterocycles. The predicted molar refractivity (Wildman–Crippen MR) is 102 cm³/mol. The van der Waals surface area contributed by atoms with Crippen LogP contribution in [0.2, 0.25) is 0 Å². The van der Waals surface area contributed by atoms with Gasteiger partial charge in [-0.15, -0.1) is 0 Å². The van der Waals surface area contributed by atoms with Crippen LogP contribution in [0, 0.1) is 0 Å². The molecule has 3 amide bonds. The van der Waals surface area contributed by atoms with Crippen LogP contribution in [0.15, 0.2) is 42.5 Å². The standard InChI is InChI=1S/C20H21N3O5/c1-26-16-5-2-14(3-6-16)11-21-19(24)12-22-8-9-23(20(22)25)15-4-7-17-18(10-15)28-13-27-17/h2-7,10H,8-9,11-13H2,1H3,(H,21,24). The van der Waals surface area contributed by atoms with Crippen LogP contribution in [-0.2, 0) is 11.3 Å². The Morgan fingerprint density at radius 2 is 1.89 bits per heavy atom. The van der Waals surface area contributed by atoms with Crippen molar-refractivity contribution in [2.45, 2.75) is 6.54 Å². The summed E-state index contributed by atoms with van der Waals surface area (Å²) in [5.74, 6) is 1.86. The third-order valence-corrected chi connectivity index (χ3v) is 4.75. The molecule has 4 rings (SSSR count). The average Bonchev–Trinajstić information content (AvgIpc) is 3.33. The van der Waals surface area contributed by atoms with E-state index in [1.54, 1.807) is 24.1 Å². The summed E-state index contributed by atoms with van der Waals surface area (Å²) in [5, 5.41) is 2.84. The van der Waals surface area contributed by atoms with Gasteiger partial charge in [0, 0.05) is 31.4 Å². The fourth-order valence-corrected chi connectivity index (χ4v) is 3.20. The van der Waals surface area contributed by atoms with Gasteiger partial charge in [-0.1, -0.05) is 12.1 Å². The fraction of sp³-hybridized carbons (Fsp3) is 0.300. The molecular formula is C20H21N3O5. The Balaban J connectivity index is 1.31. The summed E-state index contributed by atoms with van der Waals surface area (Å²) < 4.78 is 15.8. The van der Waals surface area contributed by atoms with Crippen molar-refractivity contribution in [2.24, 2.45) is 0 Å². The number of methoxy groups -OCH3 is 1. The van der Waals surface area contributed by atoms with E-state index in [0.29, 0.717) is 31.1 Å². The van der Waals surface area contributed by atoms with E-state index < -0.39 is 0 Å². The summed E-state index contributed by atoms with van der Waals surface area (Å²) in [4.78, 5) is 28.1. The van der Waals surface area contributed by atoms with Gasteiger partial charge in [-0.25, -0.2) is 4.79 Å². The molecule has 0 atom stereocenters. The minimum atomic E-state index is -0.197. The first-order valence-electron chi connectivity index (χ1n) is 9.00. The number of nitrogens with zero attached hydrogens (tertiary/aromatic N) is 2. The fourth-order valence-electron chi connectivity index (χ4n) is 3.20. The van der Waals surface area contributed by atoms with E-state index in [4.69, 9.17) is 14.2 Å². The van der Waals surface area contributed by atoms with Crippen LogP contribution >= 0.6 is 0 Å². The molecule has 0 bridgehead atoms. The van der Waals surface area contributed by atoms with Gasteiger partial charge in [-0.2, -0.15) is 0 Å². The lowest BCUT2D eigenvalue weighted by Gasteiger charge is -2.18. The van der Waals surface area contributed by atoms with Gasteiger partial charge in [-0.05, 0) is 29.8 Å². The lowest BCUT2D eigenvalue weighted by Crippen LogP contribution is -2.39. The highest BCUT2D eigenvalue weighted by Gasteiger charge is 2.31. The van der Waals surface area contributed by atoms with E-state index >= 15 is 0 Å². The number of ether oxygens (including phenoxy) is 3. The second kappa shape index (κ2) is 7.67. The highest BCUT2D eigenvalue weighted by molar-refractivity contribution is 5.96. The molecule has 0 saturated carbocycles. The smallest absolute Gasteiger partial charge is 0.325 e. The Bertz CT molecular complexity index is 884. The molecule has 8 nitrogen and oxygen atoms in total. The Morgan fingerprint density at radius 3 is 2.68 bits per heavy atom. The van der Waals surface area contributed by atoms with Crippen molar-refractivity contribution in [1.82, 2.24) is 10.2 Å². The molecule has 0 spiro atoms. The van der Waals surface area contributed by atoms with Gasteiger partial charge in [0.2, 0.25) is 12.7 Å². The third kappa shape index (κ3) is 3.66. The van der Waals surface area contributed by atoms with Crippen LogP contribution in [0.25, 0.3) is 0 Å². The van der Waals surface area contributed by atoms with Crippen molar-refractivity contribution in [3.8, 4) is 17.2 Å². The molecule has 1 saturated heterocycles. The second-order valence-electron chi connectivity index (χ2n) is 6.52. The molecule has 2 aromatic rings. The molecule has 0 unspecified atom stereocenters. The number of amides is 3. The van der Waals surface area contributed by atoms with Crippen molar-refractivity contribution in [3.05, 3.63) is 48.0 Å². The van der Waals surface area contributed by atoms with Crippen LogP contribution in [0.5, 0.6) is 17.2 Å². The Kier molecular flexibility index (Phi) is 4.92. The Morgan fingerprint density at radius 1 is 1.11 bits per heavy atom. The molecule has 1 fully saturated rings. The summed E-state index contributed by atoms with van der Waals surface area (Å²) in [6, 6.07) is 12.7. The zero-order valence-electron chi connectivity index (χ0n) is 15.5. The number of rotatable bonds is 6. The van der Waals surface area contributed by atoms with Gasteiger partial charge in [0.05, 0.1) is 7.11 Å². The first-order valence-corrected chi connectivity index (χ1v) is 9.00. The molecule has 0 aromatic heterocycles. The van der Waals surface area contributed by atoms with Gasteiger partial charge in [-0.3, -0.25) is 9.69 Å². The molecule has 2 aromatic carbocycles. The number of carbonyl (C=O) groups is 2. The largest absolute Gasteiger partial charge is 0.497 e. The number of anilines is 1. The third-order valence-electron chi connectivity index (χ3n) is 4.75. The SMILES string of the molecule is COc1ccc(CNC(=O)CN2CCN(c3ccc4c(c3)OCO4)C2=O)cc1. The van der Waals surface area contributed by atoms with E-state index in [1.165, 1.54) is 4.90 Å². The summed E-state index contributed by atoms with van der Waals surface area (Å²) in [6.07, 6.45) is 0. The van der Waals surface area contributed by atoms with Gasteiger partial charge in [0.15, 0.2) is 11.5 Å². The maximum atomic E-state index is 12.7. The second-order valence-corrected chi connectivity index (χ2v) is 6.52. The molecule has 28 heavy (non-hydrogen) atoms. The van der Waals surface area contributed by atoms with Crippen LogP contribution in [0.1, 0.15) is 5.56 Å². The maximum Gasteiger partial charge on any atom is 0.325 e. The van der Waals surface area contributed by atoms with Crippen LogP contribution < -0.4 is 24.4 Å². The molecule has 146 valence electrons. The molecule has 2 heterocycles. The number of hydrogen-bond acceptors (Lipinski definition) is 5. The zero-order valence-corrected chi connectivity index (χ0v) is 15.5. The monoisotopic (exact) mass is 383 g/mol. The van der Waals surface area contributed by atoms with Gasteiger partial charge < -0.3 is 24.4 Å². The van der Waals surface area contributed by atoms with E-state index in [2.05, 4.69) is 5.32 Å². The van der Waals surface area contributed by atoms with E-state index in [0.717, 1.165) is 17.0 Å². The Labute approximate surface area is 162 Å². The molecule has 1 N–H and O–H groups in total. The first kappa shape index (κ1) is 18.0. The van der Waals surface area contributed by atoms with Gasteiger partial charge in [0.25, 0.3) is 0 Å². The quantitative estimate of drug-likeness (QED) is 0.825. The van der Waals surface area contributed by atoms with Crippen LogP contribution in [0.4, 0.5) is 10.5 Å². The van der Waals surface area contributed by atoms with Gasteiger partial charge >= 0.3 is 6.03 Å². The number of urea groups is 1. The first-order chi connectivity index (χ1) is 13.6. The molecular weight excluding hydrogens is 362 g/mol. The minimum Gasteiger partial charge on any atom is -0.497 e. The number of benzene rings is 2. The number of carbonyl (C=O) groups excluding carboxylic acids is 2. The van der Waals surface area contributed by atoms with Crippen LogP contribution in [0.3, 0.4) is 0 Å². The van der Waals surface area contributed by atoms with E-state index in [1.807, 2.05) is 30.3 Å². The van der Waals surface area contributed by atoms with Crippen molar-refractivity contribution in [2.75, 3.05) is 38.4 Å². The van der Waals surface area contributed by atoms with E-state index in [-0.39, 0.29) is 25.3 Å². The minimum absolute atomic E-state index is 0.0238. The van der Waals surface area contributed by atoms with Crippen molar-refractivity contribution >= 4 is 17.6 Å². The van der Waals surface area contributed by atoms with Crippen molar-refractivity contribution < 1.29 is 23.8 Å². The van der Waals surface area contributed by atoms with Gasteiger partial charge in [0.1, 0.15) is 12.3 Å². The zero-order chi connectivity index (χ0) is 19.5. The highest BCUT2D eigenvalue weighted by atomic mass is 16.7. The highest BCUT2D eigenvalue weighted by Crippen LogP contribution is 2.36. The normalized spacial score (nSPS) is 15.1. The van der Waals surface area contributed by atoms with Crippen LogP contribution in [-0.4, -0.2) is 50.4 Å². The molecule has 2 aliphatic rings. The summed E-state index contributed by atoms with van der Waals surface area (Å²) in [5.41, 5.74) is 1.69. The summed E-state index contributed by atoms with van der Waals surface area (Å²) >= 11 is 0. The Hall–Kier alpha value is -3.42. The maximum absolute atomic E-state index is 12.7. The summed E-state index contributed by atoms with van der Waals surface area (Å²) in [6.45, 7) is 1.62. The average molecular weight is 383 g/mol.